The van der Waals surface area contributed by atoms with E-state index in [4.69, 9.17) is 4.74 Å². The highest BCUT2D eigenvalue weighted by Gasteiger charge is 2.52. The van der Waals surface area contributed by atoms with Gasteiger partial charge in [0.05, 0.1) is 24.7 Å². The van der Waals surface area contributed by atoms with Gasteiger partial charge in [-0.3, -0.25) is 14.4 Å². The summed E-state index contributed by atoms with van der Waals surface area (Å²) in [5, 5.41) is 3.00. The number of rotatable bonds is 3. The van der Waals surface area contributed by atoms with Gasteiger partial charge in [0.15, 0.2) is 11.6 Å². The Labute approximate surface area is 179 Å². The van der Waals surface area contributed by atoms with Crippen molar-refractivity contribution in [3.8, 4) is 0 Å². The molecule has 1 aromatic rings. The first-order valence-corrected chi connectivity index (χ1v) is 10.6. The van der Waals surface area contributed by atoms with Crippen LogP contribution in [0.2, 0.25) is 0 Å². The molecule has 9 heteroatoms. The maximum Gasteiger partial charge on any atom is 0.228 e. The average molecular weight is 435 g/mol. The smallest absolute Gasteiger partial charge is 0.228 e. The number of likely N-dealkylation sites (tertiary alicyclic amines) is 2. The van der Waals surface area contributed by atoms with Gasteiger partial charge in [-0.1, -0.05) is 6.07 Å². The lowest BCUT2D eigenvalue weighted by atomic mass is 9.82. The van der Waals surface area contributed by atoms with Crippen molar-refractivity contribution in [1.29, 1.82) is 0 Å². The van der Waals surface area contributed by atoms with E-state index in [1.54, 1.807) is 9.80 Å². The van der Waals surface area contributed by atoms with Crippen LogP contribution in [0.4, 0.5) is 8.78 Å². The summed E-state index contributed by atoms with van der Waals surface area (Å²) in [5.41, 5.74) is -0.445. The van der Waals surface area contributed by atoms with Crippen LogP contribution < -0.4 is 5.32 Å². The minimum absolute atomic E-state index is 0.0136. The average Bonchev–Trinajstić information content (AvgIpc) is 3.22. The summed E-state index contributed by atoms with van der Waals surface area (Å²) in [6.45, 7) is 5.01. The maximum atomic E-state index is 14.0. The van der Waals surface area contributed by atoms with E-state index in [1.165, 1.54) is 6.07 Å². The summed E-state index contributed by atoms with van der Waals surface area (Å²) >= 11 is 0. The van der Waals surface area contributed by atoms with Gasteiger partial charge in [-0.15, -0.1) is 0 Å². The molecule has 0 aliphatic carbocycles. The summed E-state index contributed by atoms with van der Waals surface area (Å²) in [5.74, 6) is -3.29. The molecule has 3 saturated heterocycles. The Morgan fingerprint density at radius 3 is 2.68 bits per heavy atom. The fraction of sp³-hybridized carbons (Fsp3) is 0.591. The first kappa shape index (κ1) is 21.7. The third kappa shape index (κ3) is 4.03. The summed E-state index contributed by atoms with van der Waals surface area (Å²) in [4.78, 5) is 41.3. The number of hydrogen-bond acceptors (Lipinski definition) is 4. The van der Waals surface area contributed by atoms with Crippen molar-refractivity contribution in [2.75, 3.05) is 32.8 Å². The van der Waals surface area contributed by atoms with Crippen LogP contribution >= 0.6 is 0 Å². The molecule has 7 nitrogen and oxygen atoms in total. The number of nitrogens with one attached hydrogen (secondary N) is 1. The molecule has 3 aliphatic heterocycles. The van der Waals surface area contributed by atoms with E-state index in [0.29, 0.717) is 12.1 Å². The predicted octanol–water partition coefficient (Wildman–Crippen LogP) is 1.42. The molecule has 4 rings (SSSR count). The third-order valence-corrected chi connectivity index (χ3v) is 6.55. The van der Waals surface area contributed by atoms with Gasteiger partial charge in [-0.05, 0) is 31.5 Å². The highest BCUT2D eigenvalue weighted by molar-refractivity contribution is 5.90. The van der Waals surface area contributed by atoms with Crippen LogP contribution in [0.3, 0.4) is 0 Å². The Balaban J connectivity index is 1.63. The van der Waals surface area contributed by atoms with Crippen molar-refractivity contribution < 1.29 is 27.9 Å². The van der Waals surface area contributed by atoms with E-state index in [0.717, 1.165) is 12.1 Å². The van der Waals surface area contributed by atoms with Gasteiger partial charge in [0.25, 0.3) is 0 Å². The van der Waals surface area contributed by atoms with Crippen LogP contribution in [-0.4, -0.2) is 72.0 Å². The van der Waals surface area contributed by atoms with E-state index in [2.05, 4.69) is 5.32 Å². The zero-order chi connectivity index (χ0) is 22.3. The molecular formula is C22H27F2N3O4. The van der Waals surface area contributed by atoms with Crippen LogP contribution in [0.15, 0.2) is 18.2 Å². The highest BCUT2D eigenvalue weighted by atomic mass is 19.2. The lowest BCUT2D eigenvalue weighted by Crippen LogP contribution is -2.56. The zero-order valence-electron chi connectivity index (χ0n) is 17.7. The number of ether oxygens (including phenoxy) is 1. The Bertz CT molecular complexity index is 909. The summed E-state index contributed by atoms with van der Waals surface area (Å²) < 4.78 is 33.2. The normalized spacial score (nSPS) is 29.1. The number of nitrogens with zero attached hydrogens (tertiary/aromatic N) is 2. The van der Waals surface area contributed by atoms with Crippen molar-refractivity contribution in [3.63, 3.8) is 0 Å². The van der Waals surface area contributed by atoms with Crippen molar-refractivity contribution in [3.05, 3.63) is 35.4 Å². The molecule has 0 saturated carbocycles. The number of carbonyl (C=O) groups excluding carboxylic acids is 3. The number of hydrogen-bond donors (Lipinski definition) is 1. The Kier molecular flexibility index (Phi) is 5.72. The van der Waals surface area contributed by atoms with E-state index >= 15 is 0 Å². The lowest BCUT2D eigenvalue weighted by molar-refractivity contribution is -0.135. The largest absolute Gasteiger partial charge is 0.378 e. The quantitative estimate of drug-likeness (QED) is 0.779. The van der Waals surface area contributed by atoms with E-state index in [1.807, 2.05) is 13.8 Å². The van der Waals surface area contributed by atoms with Gasteiger partial charge in [0.2, 0.25) is 17.7 Å². The first-order chi connectivity index (χ1) is 14.7. The second-order valence-corrected chi connectivity index (χ2v) is 8.99. The standard InChI is InChI=1S/C22H27F2N3O4/c1-13(2)27-9-15(8-20(27)29)21(30)26-10-16(14-3-4-17(23)18(24)7-14)22(11-26)12-31-6-5-19(28)25-22/h3-4,7,13,15-16H,5-6,8-12H2,1-2H3,(H,25,28)/t15?,16-,22-/m0/s1. The lowest BCUT2D eigenvalue weighted by Gasteiger charge is -2.34. The van der Waals surface area contributed by atoms with Gasteiger partial charge < -0.3 is 19.9 Å². The molecular weight excluding hydrogens is 408 g/mol. The molecule has 1 spiro atoms. The molecule has 0 aromatic heterocycles. The fourth-order valence-electron chi connectivity index (χ4n) is 4.95. The Morgan fingerprint density at radius 1 is 1.23 bits per heavy atom. The number of amides is 3. The van der Waals surface area contributed by atoms with Gasteiger partial charge in [-0.2, -0.15) is 0 Å². The summed E-state index contributed by atoms with van der Waals surface area (Å²) in [7, 11) is 0. The molecule has 0 radical (unpaired) electrons. The molecule has 3 aliphatic rings. The summed E-state index contributed by atoms with van der Waals surface area (Å²) in [6.07, 6.45) is 0.347. The van der Waals surface area contributed by atoms with Crippen LogP contribution in [0.5, 0.6) is 0 Å². The van der Waals surface area contributed by atoms with Gasteiger partial charge in [0, 0.05) is 44.4 Å². The van der Waals surface area contributed by atoms with E-state index in [9.17, 15) is 23.2 Å². The second kappa shape index (κ2) is 8.18. The number of carbonyl (C=O) groups is 3. The third-order valence-electron chi connectivity index (χ3n) is 6.55. The minimum Gasteiger partial charge on any atom is -0.378 e. The molecule has 168 valence electrons. The fourth-order valence-corrected chi connectivity index (χ4v) is 4.95. The minimum atomic E-state index is -0.979. The number of halogens is 2. The SMILES string of the molecule is CC(C)N1CC(C(=O)N2C[C@@H](c3ccc(F)c(F)c3)[C@@]3(COCCC(=O)N3)C2)CC1=O. The number of benzene rings is 1. The first-order valence-electron chi connectivity index (χ1n) is 10.6. The Hall–Kier alpha value is -2.55. The Morgan fingerprint density at radius 2 is 2.00 bits per heavy atom. The molecule has 3 amide bonds. The van der Waals surface area contributed by atoms with Crippen molar-refractivity contribution in [1.82, 2.24) is 15.1 Å². The molecule has 1 aromatic carbocycles. The molecule has 3 heterocycles. The van der Waals surface area contributed by atoms with Gasteiger partial charge in [-0.25, -0.2) is 8.78 Å². The topological polar surface area (TPSA) is 79.0 Å². The van der Waals surface area contributed by atoms with Crippen LogP contribution in [0.1, 0.15) is 38.2 Å². The molecule has 3 atom stereocenters. The van der Waals surface area contributed by atoms with Crippen LogP contribution in [-0.2, 0) is 19.1 Å². The van der Waals surface area contributed by atoms with Crippen LogP contribution in [0.25, 0.3) is 0 Å². The van der Waals surface area contributed by atoms with E-state index < -0.39 is 29.0 Å². The second-order valence-electron chi connectivity index (χ2n) is 8.99. The monoisotopic (exact) mass is 435 g/mol. The zero-order valence-corrected chi connectivity index (χ0v) is 17.7. The van der Waals surface area contributed by atoms with E-state index in [-0.39, 0.29) is 62.9 Å². The molecule has 1 unspecified atom stereocenters. The summed E-state index contributed by atoms with van der Waals surface area (Å²) in [6, 6.07) is 3.67. The van der Waals surface area contributed by atoms with Gasteiger partial charge >= 0.3 is 0 Å². The van der Waals surface area contributed by atoms with Crippen LogP contribution in [0, 0.1) is 17.6 Å². The molecule has 31 heavy (non-hydrogen) atoms. The maximum absolute atomic E-state index is 14.0. The molecule has 3 fully saturated rings. The predicted molar refractivity (Wildman–Crippen MR) is 107 cm³/mol. The van der Waals surface area contributed by atoms with Crippen molar-refractivity contribution in [2.45, 2.75) is 44.2 Å². The van der Waals surface area contributed by atoms with Crippen molar-refractivity contribution >= 4 is 17.7 Å². The van der Waals surface area contributed by atoms with Gasteiger partial charge in [0.1, 0.15) is 0 Å². The van der Waals surface area contributed by atoms with Crippen molar-refractivity contribution in [2.24, 2.45) is 5.92 Å². The molecule has 0 bridgehead atoms. The molecule has 1 N–H and O–H groups in total. The highest BCUT2D eigenvalue weighted by Crippen LogP contribution is 2.39.